The zero-order valence-corrected chi connectivity index (χ0v) is 26.1. The highest BCUT2D eigenvalue weighted by Gasteiger charge is 2.58. The molecule has 2 aliphatic rings. The van der Waals surface area contributed by atoms with Crippen LogP contribution in [0.25, 0.3) is 11.1 Å². The van der Waals surface area contributed by atoms with E-state index in [0.717, 1.165) is 36.8 Å². The van der Waals surface area contributed by atoms with E-state index in [9.17, 15) is 18.0 Å². The van der Waals surface area contributed by atoms with E-state index in [1.165, 1.54) is 0 Å². The first-order valence-corrected chi connectivity index (χ1v) is 16.5. The Bertz CT molecular complexity index is 1610. The van der Waals surface area contributed by atoms with E-state index in [1.54, 1.807) is 48.1 Å². The number of nitrogens with zero attached hydrogens (tertiary/aromatic N) is 3. The first-order chi connectivity index (χ1) is 20.6. The molecule has 0 radical (unpaired) electrons. The first-order valence-electron chi connectivity index (χ1n) is 15.0. The summed E-state index contributed by atoms with van der Waals surface area (Å²) in [6.45, 7) is 8.91. The third-order valence-electron chi connectivity index (χ3n) is 8.58. The predicted molar refractivity (Wildman–Crippen MR) is 162 cm³/mol. The fourth-order valence-corrected chi connectivity index (χ4v) is 7.31. The molecule has 5 rings (SSSR count). The van der Waals surface area contributed by atoms with Gasteiger partial charge in [0.25, 0.3) is 21.8 Å². The molecular formula is C32H40N4O6S. The number of sulfonamides is 1. The molecule has 230 valence electrons. The number of rotatable bonds is 12. The minimum absolute atomic E-state index is 0.0706. The molecule has 1 aromatic heterocycles. The fourth-order valence-electron chi connectivity index (χ4n) is 6.03. The van der Waals surface area contributed by atoms with Crippen LogP contribution in [0.1, 0.15) is 74.8 Å². The number of ether oxygens (including phenoxy) is 1. The molecule has 43 heavy (non-hydrogen) atoms. The van der Waals surface area contributed by atoms with Crippen molar-refractivity contribution in [3.63, 3.8) is 0 Å². The maximum Gasteiger partial charge on any atom is 0.263 e. The summed E-state index contributed by atoms with van der Waals surface area (Å²) in [5.41, 5.74) is 2.52. The van der Waals surface area contributed by atoms with E-state index >= 15 is 0 Å². The molecule has 1 aliphatic heterocycles. The van der Waals surface area contributed by atoms with Crippen molar-refractivity contribution in [1.82, 2.24) is 15.2 Å². The van der Waals surface area contributed by atoms with Crippen molar-refractivity contribution >= 4 is 27.7 Å². The number of aromatic nitrogens is 1. The molecule has 0 unspecified atom stereocenters. The lowest BCUT2D eigenvalue weighted by Crippen LogP contribution is -2.41. The second-order valence-electron chi connectivity index (χ2n) is 11.4. The molecule has 1 aliphatic carbocycles. The summed E-state index contributed by atoms with van der Waals surface area (Å²) in [6, 6.07) is 12.5. The van der Waals surface area contributed by atoms with E-state index in [-0.39, 0.29) is 35.7 Å². The van der Waals surface area contributed by atoms with Gasteiger partial charge in [0.15, 0.2) is 5.82 Å². The van der Waals surface area contributed by atoms with Gasteiger partial charge in [-0.2, -0.15) is 0 Å². The molecule has 3 aromatic rings. The molecule has 2 fully saturated rings. The molecular weight excluding hydrogens is 568 g/mol. The summed E-state index contributed by atoms with van der Waals surface area (Å²) in [5, 5.41) is 7.16. The highest BCUT2D eigenvalue weighted by Crippen LogP contribution is 2.46. The van der Waals surface area contributed by atoms with Gasteiger partial charge >= 0.3 is 0 Å². The van der Waals surface area contributed by atoms with Crippen LogP contribution in [0.2, 0.25) is 0 Å². The van der Waals surface area contributed by atoms with E-state index in [1.807, 2.05) is 25.1 Å². The van der Waals surface area contributed by atoms with Crippen molar-refractivity contribution in [1.29, 1.82) is 0 Å². The van der Waals surface area contributed by atoms with Crippen molar-refractivity contribution in [2.45, 2.75) is 84.3 Å². The predicted octanol–water partition coefficient (Wildman–Crippen LogP) is 5.74. The van der Waals surface area contributed by atoms with E-state index in [2.05, 4.69) is 16.8 Å². The number of hydrogen-bond acceptors (Lipinski definition) is 7. The molecule has 1 spiro atoms. The minimum Gasteiger partial charge on any atom is -0.377 e. The molecule has 2 amide bonds. The van der Waals surface area contributed by atoms with Crippen LogP contribution in [0.15, 0.2) is 51.9 Å². The maximum absolute atomic E-state index is 13.7. The Kier molecular flexibility index (Phi) is 8.94. The number of nitrogens with one attached hydrogen (secondary N) is 1. The van der Waals surface area contributed by atoms with Crippen LogP contribution >= 0.6 is 0 Å². The van der Waals surface area contributed by atoms with Crippen LogP contribution in [0, 0.1) is 19.3 Å². The molecule has 2 aromatic carbocycles. The lowest BCUT2D eigenvalue weighted by molar-refractivity contribution is -0.148. The normalized spacial score (nSPS) is 16.6. The Morgan fingerprint density at radius 1 is 1.00 bits per heavy atom. The second kappa shape index (κ2) is 12.5. The monoisotopic (exact) mass is 608 g/mol. The van der Waals surface area contributed by atoms with Gasteiger partial charge in [-0.1, -0.05) is 67.7 Å². The first kappa shape index (κ1) is 30.7. The minimum atomic E-state index is -4.02. The summed E-state index contributed by atoms with van der Waals surface area (Å²) in [7, 11) is -4.02. The number of amides is 2. The number of carbonyl (C=O) groups excluding carboxylic acids is 2. The summed E-state index contributed by atoms with van der Waals surface area (Å²) in [5.74, 6) is 0.502. The van der Waals surface area contributed by atoms with E-state index in [0.29, 0.717) is 48.4 Å². The number of carbonyl (C=O) groups is 2. The average molecular weight is 609 g/mol. The van der Waals surface area contributed by atoms with Crippen LogP contribution in [-0.4, -0.2) is 48.6 Å². The number of benzene rings is 2. The van der Waals surface area contributed by atoms with Crippen molar-refractivity contribution < 1.29 is 27.3 Å². The number of aryl methyl sites for hydroxylation is 1. The summed E-state index contributed by atoms with van der Waals surface area (Å²) in [6.07, 6.45) is 4.70. The second-order valence-corrected chi connectivity index (χ2v) is 13.0. The maximum atomic E-state index is 13.7. The number of unbranched alkanes of at least 4 members (excludes halogenated alkanes) is 1. The number of hydrazine groups is 1. The highest BCUT2D eigenvalue weighted by molar-refractivity contribution is 7.92. The van der Waals surface area contributed by atoms with Crippen LogP contribution in [0.5, 0.6) is 0 Å². The van der Waals surface area contributed by atoms with Gasteiger partial charge in [0, 0.05) is 24.3 Å². The van der Waals surface area contributed by atoms with Gasteiger partial charge in [-0.05, 0) is 62.8 Å². The molecule has 11 heteroatoms. The Hall–Kier alpha value is -3.70. The highest BCUT2D eigenvalue weighted by atomic mass is 32.2. The standard InChI is InChI=1S/C32H40N4O6S/c1-5-7-18-35-30(37)32(16-10-11-17-32)31(38)36(35)20-24-14-15-26(25(19-24)21-41-6-2)27-12-8-9-13-28(27)43(39,40)34-29-22(3)23(4)42-33-29/h8-9,12-15,19H,5-7,10-11,16-18,20-21H2,1-4H3,(H,33,34). The molecule has 1 saturated carbocycles. The Balaban J connectivity index is 1.50. The van der Waals surface area contributed by atoms with Gasteiger partial charge in [-0.3, -0.25) is 19.3 Å². The lowest BCUT2D eigenvalue weighted by Gasteiger charge is -2.28. The third-order valence-corrected chi connectivity index (χ3v) is 9.98. The van der Waals surface area contributed by atoms with Gasteiger partial charge in [-0.15, -0.1) is 0 Å². The Morgan fingerprint density at radius 2 is 1.72 bits per heavy atom. The molecule has 1 N–H and O–H groups in total. The van der Waals surface area contributed by atoms with E-state index < -0.39 is 15.4 Å². The Labute approximate surface area is 253 Å². The molecule has 2 heterocycles. The third kappa shape index (κ3) is 5.80. The van der Waals surface area contributed by atoms with Crippen molar-refractivity contribution in [2.75, 3.05) is 17.9 Å². The topological polar surface area (TPSA) is 122 Å². The van der Waals surface area contributed by atoms with Gasteiger partial charge in [-0.25, -0.2) is 13.4 Å². The quantitative estimate of drug-likeness (QED) is 0.260. The molecule has 1 saturated heterocycles. The number of hydrogen-bond donors (Lipinski definition) is 1. The van der Waals surface area contributed by atoms with Crippen LogP contribution < -0.4 is 4.72 Å². The molecule has 0 bridgehead atoms. The summed E-state index contributed by atoms with van der Waals surface area (Å²) in [4.78, 5) is 27.4. The Morgan fingerprint density at radius 3 is 2.40 bits per heavy atom. The van der Waals surface area contributed by atoms with Gasteiger partial charge in [0.1, 0.15) is 11.2 Å². The SMILES string of the molecule is CCCCN1C(=O)C2(CCCC2)C(=O)N1Cc1ccc(-c2ccccc2S(=O)(=O)Nc2noc(C)c2C)c(COCC)c1. The molecule has 0 atom stereocenters. The zero-order valence-electron chi connectivity index (χ0n) is 25.3. The van der Waals surface area contributed by atoms with Gasteiger partial charge in [0.2, 0.25) is 0 Å². The van der Waals surface area contributed by atoms with E-state index in [4.69, 9.17) is 9.26 Å². The van der Waals surface area contributed by atoms with Gasteiger partial charge < -0.3 is 9.26 Å². The largest absolute Gasteiger partial charge is 0.377 e. The van der Waals surface area contributed by atoms with Crippen LogP contribution in [-0.2, 0) is 37.5 Å². The van der Waals surface area contributed by atoms with Crippen molar-refractivity contribution in [2.24, 2.45) is 5.41 Å². The van der Waals surface area contributed by atoms with Gasteiger partial charge in [0.05, 0.1) is 18.0 Å². The fraction of sp³-hybridized carbons (Fsp3) is 0.469. The summed E-state index contributed by atoms with van der Waals surface area (Å²) < 4.78 is 40.7. The van der Waals surface area contributed by atoms with Crippen molar-refractivity contribution in [3.8, 4) is 11.1 Å². The number of anilines is 1. The zero-order chi connectivity index (χ0) is 30.8. The van der Waals surface area contributed by atoms with Crippen molar-refractivity contribution in [3.05, 3.63) is 64.9 Å². The average Bonchev–Trinajstić information content (AvgIpc) is 3.67. The summed E-state index contributed by atoms with van der Waals surface area (Å²) >= 11 is 0. The lowest BCUT2D eigenvalue weighted by atomic mass is 9.85. The molecule has 10 nitrogen and oxygen atoms in total. The van der Waals surface area contributed by atoms with Crippen LogP contribution in [0.3, 0.4) is 0 Å². The van der Waals surface area contributed by atoms with Crippen LogP contribution in [0.4, 0.5) is 5.82 Å². The smallest absolute Gasteiger partial charge is 0.263 e.